The maximum absolute atomic E-state index is 6.17. The van der Waals surface area contributed by atoms with Gasteiger partial charge in [-0.15, -0.1) is 0 Å². The number of piperidine rings is 1. The van der Waals surface area contributed by atoms with Gasteiger partial charge >= 0.3 is 0 Å². The van der Waals surface area contributed by atoms with Crippen molar-refractivity contribution in [2.45, 2.75) is 51.0 Å². The summed E-state index contributed by atoms with van der Waals surface area (Å²) in [5.41, 5.74) is 6.17. The number of hydrogen-bond acceptors (Lipinski definition) is 2. The maximum atomic E-state index is 6.17. The van der Waals surface area contributed by atoms with Crippen LogP contribution in [0.4, 0.5) is 0 Å². The molecule has 2 rings (SSSR count). The standard InChI is InChI=1S/C12H24N2/c13-12-7-3-2-6-11(12)10-14-8-4-1-5-9-14/h11-12H,1-10,13H2/t11-,12-/m0/s1. The van der Waals surface area contributed by atoms with Crippen LogP contribution >= 0.6 is 0 Å². The number of rotatable bonds is 2. The normalized spacial score (nSPS) is 35.8. The van der Waals surface area contributed by atoms with Crippen molar-refractivity contribution in [1.29, 1.82) is 0 Å². The van der Waals surface area contributed by atoms with Crippen LogP contribution in [0, 0.1) is 5.92 Å². The molecule has 1 aliphatic heterocycles. The molecular formula is C12H24N2. The van der Waals surface area contributed by atoms with Gasteiger partial charge in [0.2, 0.25) is 0 Å². The van der Waals surface area contributed by atoms with Gasteiger partial charge in [0.25, 0.3) is 0 Å². The Balaban J connectivity index is 1.76. The van der Waals surface area contributed by atoms with Crippen LogP contribution < -0.4 is 5.73 Å². The second-order valence-corrected chi connectivity index (χ2v) is 5.07. The molecule has 1 saturated carbocycles. The first kappa shape index (κ1) is 10.4. The van der Waals surface area contributed by atoms with Crippen molar-refractivity contribution in [3.05, 3.63) is 0 Å². The van der Waals surface area contributed by atoms with Crippen LogP contribution in [-0.2, 0) is 0 Å². The van der Waals surface area contributed by atoms with Gasteiger partial charge in [-0.05, 0) is 44.7 Å². The van der Waals surface area contributed by atoms with Gasteiger partial charge in [0.15, 0.2) is 0 Å². The van der Waals surface area contributed by atoms with Gasteiger partial charge in [0.1, 0.15) is 0 Å². The Morgan fingerprint density at radius 1 is 0.929 bits per heavy atom. The molecule has 0 radical (unpaired) electrons. The van der Waals surface area contributed by atoms with E-state index < -0.39 is 0 Å². The predicted octanol–water partition coefficient (Wildman–Crippen LogP) is 1.99. The van der Waals surface area contributed by atoms with E-state index in [-0.39, 0.29) is 0 Å². The predicted molar refractivity (Wildman–Crippen MR) is 60.2 cm³/mol. The molecule has 2 N–H and O–H groups in total. The quantitative estimate of drug-likeness (QED) is 0.732. The molecule has 1 saturated heterocycles. The third-order valence-corrected chi connectivity index (χ3v) is 3.91. The lowest BCUT2D eigenvalue weighted by Crippen LogP contribution is -2.42. The molecule has 0 aromatic heterocycles. The van der Waals surface area contributed by atoms with Crippen molar-refractivity contribution in [2.24, 2.45) is 11.7 Å². The molecule has 14 heavy (non-hydrogen) atoms. The lowest BCUT2D eigenvalue weighted by atomic mass is 9.84. The Labute approximate surface area is 87.8 Å². The summed E-state index contributed by atoms with van der Waals surface area (Å²) in [4.78, 5) is 2.64. The minimum absolute atomic E-state index is 0.491. The third kappa shape index (κ3) is 2.71. The fourth-order valence-corrected chi connectivity index (χ4v) is 2.94. The van der Waals surface area contributed by atoms with E-state index in [1.54, 1.807) is 0 Å². The van der Waals surface area contributed by atoms with Gasteiger partial charge in [-0.2, -0.15) is 0 Å². The molecular weight excluding hydrogens is 172 g/mol. The first-order valence-electron chi connectivity index (χ1n) is 6.34. The van der Waals surface area contributed by atoms with Gasteiger partial charge in [0, 0.05) is 12.6 Å². The molecule has 1 aliphatic carbocycles. The third-order valence-electron chi connectivity index (χ3n) is 3.91. The topological polar surface area (TPSA) is 29.3 Å². The SMILES string of the molecule is N[C@H]1CCCC[C@H]1CN1CCCCC1. The zero-order valence-electron chi connectivity index (χ0n) is 9.25. The van der Waals surface area contributed by atoms with E-state index in [0.29, 0.717) is 6.04 Å². The summed E-state index contributed by atoms with van der Waals surface area (Å²) < 4.78 is 0. The number of hydrogen-bond donors (Lipinski definition) is 1. The summed E-state index contributed by atoms with van der Waals surface area (Å²) in [6, 6.07) is 0.491. The highest BCUT2D eigenvalue weighted by Gasteiger charge is 2.24. The molecule has 2 fully saturated rings. The van der Waals surface area contributed by atoms with Crippen molar-refractivity contribution in [3.8, 4) is 0 Å². The molecule has 82 valence electrons. The fourth-order valence-electron chi connectivity index (χ4n) is 2.94. The lowest BCUT2D eigenvalue weighted by Gasteiger charge is -2.35. The number of likely N-dealkylation sites (tertiary alicyclic amines) is 1. The van der Waals surface area contributed by atoms with E-state index >= 15 is 0 Å². The second-order valence-electron chi connectivity index (χ2n) is 5.07. The average Bonchev–Trinajstić information content (AvgIpc) is 2.23. The summed E-state index contributed by atoms with van der Waals surface area (Å²) in [6.45, 7) is 3.92. The highest BCUT2D eigenvalue weighted by molar-refractivity contribution is 4.81. The van der Waals surface area contributed by atoms with Gasteiger partial charge in [-0.1, -0.05) is 19.3 Å². The fraction of sp³-hybridized carbons (Fsp3) is 1.00. The van der Waals surface area contributed by atoms with Crippen molar-refractivity contribution in [1.82, 2.24) is 4.90 Å². The largest absolute Gasteiger partial charge is 0.327 e. The molecule has 0 spiro atoms. The van der Waals surface area contributed by atoms with Crippen molar-refractivity contribution >= 4 is 0 Å². The van der Waals surface area contributed by atoms with E-state index in [1.165, 1.54) is 64.6 Å². The molecule has 2 atom stereocenters. The van der Waals surface area contributed by atoms with Crippen LogP contribution in [0.15, 0.2) is 0 Å². The van der Waals surface area contributed by atoms with Crippen molar-refractivity contribution < 1.29 is 0 Å². The van der Waals surface area contributed by atoms with Crippen molar-refractivity contribution in [2.75, 3.05) is 19.6 Å². The molecule has 2 nitrogen and oxygen atoms in total. The van der Waals surface area contributed by atoms with Crippen LogP contribution in [0.3, 0.4) is 0 Å². The summed E-state index contributed by atoms with van der Waals surface area (Å²) in [5, 5.41) is 0. The Morgan fingerprint density at radius 3 is 2.36 bits per heavy atom. The molecule has 2 aliphatic rings. The van der Waals surface area contributed by atoms with E-state index in [4.69, 9.17) is 5.73 Å². The monoisotopic (exact) mass is 196 g/mol. The molecule has 0 unspecified atom stereocenters. The van der Waals surface area contributed by atoms with E-state index in [1.807, 2.05) is 0 Å². The van der Waals surface area contributed by atoms with Crippen LogP contribution in [-0.4, -0.2) is 30.6 Å². The van der Waals surface area contributed by atoms with Gasteiger partial charge in [-0.3, -0.25) is 0 Å². The van der Waals surface area contributed by atoms with Gasteiger partial charge in [-0.25, -0.2) is 0 Å². The van der Waals surface area contributed by atoms with Crippen molar-refractivity contribution in [3.63, 3.8) is 0 Å². The summed E-state index contributed by atoms with van der Waals surface area (Å²) >= 11 is 0. The number of nitrogens with two attached hydrogens (primary N) is 1. The first-order chi connectivity index (χ1) is 6.86. The minimum atomic E-state index is 0.491. The van der Waals surface area contributed by atoms with Crippen LogP contribution in [0.2, 0.25) is 0 Å². The minimum Gasteiger partial charge on any atom is -0.327 e. The molecule has 0 amide bonds. The molecule has 0 aromatic carbocycles. The smallest absolute Gasteiger partial charge is 0.00793 e. The van der Waals surface area contributed by atoms with Crippen LogP contribution in [0.25, 0.3) is 0 Å². The molecule has 1 heterocycles. The Kier molecular flexibility index (Phi) is 3.82. The second kappa shape index (κ2) is 5.13. The Bertz CT molecular complexity index is 164. The van der Waals surface area contributed by atoms with E-state index in [0.717, 1.165) is 5.92 Å². The zero-order chi connectivity index (χ0) is 9.80. The Hall–Kier alpha value is -0.0800. The number of nitrogens with zero attached hydrogens (tertiary/aromatic N) is 1. The summed E-state index contributed by atoms with van der Waals surface area (Å²) in [7, 11) is 0. The highest BCUT2D eigenvalue weighted by Crippen LogP contribution is 2.24. The zero-order valence-corrected chi connectivity index (χ0v) is 9.25. The Morgan fingerprint density at radius 2 is 1.64 bits per heavy atom. The summed E-state index contributed by atoms with van der Waals surface area (Å²) in [6.07, 6.45) is 9.65. The van der Waals surface area contributed by atoms with Gasteiger partial charge in [0.05, 0.1) is 0 Å². The average molecular weight is 196 g/mol. The van der Waals surface area contributed by atoms with Crippen LogP contribution in [0.5, 0.6) is 0 Å². The van der Waals surface area contributed by atoms with E-state index in [9.17, 15) is 0 Å². The lowest BCUT2D eigenvalue weighted by molar-refractivity contribution is 0.161. The van der Waals surface area contributed by atoms with Crippen LogP contribution in [0.1, 0.15) is 44.9 Å². The molecule has 0 aromatic rings. The summed E-state index contributed by atoms with van der Waals surface area (Å²) in [5.74, 6) is 0.793. The maximum Gasteiger partial charge on any atom is 0.00793 e. The molecule has 2 heteroatoms. The highest BCUT2D eigenvalue weighted by atomic mass is 15.1. The first-order valence-corrected chi connectivity index (χ1v) is 6.34. The van der Waals surface area contributed by atoms with E-state index in [2.05, 4.69) is 4.90 Å². The van der Waals surface area contributed by atoms with Gasteiger partial charge < -0.3 is 10.6 Å². The molecule has 0 bridgehead atoms.